The Morgan fingerprint density at radius 2 is 1.26 bits per heavy atom. The Bertz CT molecular complexity index is 1670. The molecule has 0 spiro atoms. The van der Waals surface area contributed by atoms with Gasteiger partial charge in [0.25, 0.3) is 23.6 Å². The lowest BCUT2D eigenvalue weighted by molar-refractivity contribution is -0.150. The number of nitrogens with one attached hydrogen (secondary N) is 2. The van der Waals surface area contributed by atoms with Gasteiger partial charge in [-0.15, -0.1) is 0 Å². The fraction of sp³-hybridized carbons (Fsp3) is 0.200. The second kappa shape index (κ2) is 13.1. The lowest BCUT2D eigenvalue weighted by Crippen LogP contribution is -2.44. The van der Waals surface area contributed by atoms with Crippen molar-refractivity contribution in [3.63, 3.8) is 0 Å². The molecule has 43 heavy (non-hydrogen) atoms. The summed E-state index contributed by atoms with van der Waals surface area (Å²) in [5.41, 5.74) is 2.20. The lowest BCUT2D eigenvalue weighted by Gasteiger charge is -2.20. The summed E-state index contributed by atoms with van der Waals surface area (Å²) in [6, 6.07) is 12.1. The highest BCUT2D eigenvalue weighted by Gasteiger charge is 2.42. The van der Waals surface area contributed by atoms with E-state index < -0.39 is 54.8 Å². The zero-order valence-electron chi connectivity index (χ0n) is 23.2. The molecular formula is C30H25Cl2N3O8. The smallest absolute Gasteiger partial charge is 0.338 e. The summed E-state index contributed by atoms with van der Waals surface area (Å²) in [6.45, 7) is 3.60. The number of imide groups is 1. The van der Waals surface area contributed by atoms with E-state index in [1.807, 2.05) is 6.92 Å². The number of fused-ring (bicyclic) bond motifs is 1. The lowest BCUT2D eigenvalue weighted by atomic mass is 10.1. The molecule has 3 aromatic rings. The van der Waals surface area contributed by atoms with Gasteiger partial charge < -0.3 is 20.1 Å². The Hall–Kier alpha value is -4.74. The van der Waals surface area contributed by atoms with Crippen molar-refractivity contribution in [1.29, 1.82) is 0 Å². The van der Waals surface area contributed by atoms with Crippen molar-refractivity contribution in [1.82, 2.24) is 4.90 Å². The Labute approximate surface area is 256 Å². The number of nitrogens with zero attached hydrogens (tertiary/aromatic N) is 1. The summed E-state index contributed by atoms with van der Waals surface area (Å²) in [6.07, 6.45) is 0. The Kier molecular flexibility index (Phi) is 9.47. The molecule has 1 aliphatic heterocycles. The zero-order chi connectivity index (χ0) is 31.4. The van der Waals surface area contributed by atoms with Gasteiger partial charge in [0.2, 0.25) is 0 Å². The minimum Gasteiger partial charge on any atom is -0.454 e. The molecule has 4 rings (SSSR count). The number of carbonyl (C=O) groups is 6. The number of anilines is 2. The van der Waals surface area contributed by atoms with Crippen LogP contribution in [-0.2, 0) is 23.9 Å². The van der Waals surface area contributed by atoms with Crippen LogP contribution in [0.1, 0.15) is 49.1 Å². The molecule has 0 aliphatic carbocycles. The molecule has 0 fully saturated rings. The predicted octanol–water partition coefficient (Wildman–Crippen LogP) is 4.57. The second-order valence-corrected chi connectivity index (χ2v) is 10.4. The average Bonchev–Trinajstić information content (AvgIpc) is 3.22. The van der Waals surface area contributed by atoms with Gasteiger partial charge in [0.1, 0.15) is 6.04 Å². The van der Waals surface area contributed by atoms with Crippen molar-refractivity contribution in [2.75, 3.05) is 23.8 Å². The number of carbonyl (C=O) groups excluding carboxylic acids is 6. The molecule has 0 saturated heterocycles. The van der Waals surface area contributed by atoms with E-state index in [-0.39, 0.29) is 16.7 Å². The van der Waals surface area contributed by atoms with Gasteiger partial charge in [-0.05, 0) is 74.4 Å². The molecule has 0 aromatic heterocycles. The van der Waals surface area contributed by atoms with Crippen molar-refractivity contribution >= 4 is 70.1 Å². The summed E-state index contributed by atoms with van der Waals surface area (Å²) in [5.74, 6) is -4.79. The minimum atomic E-state index is -1.37. The number of aryl methyl sites for hydroxylation is 2. The van der Waals surface area contributed by atoms with Gasteiger partial charge in [0, 0.05) is 21.4 Å². The Morgan fingerprint density at radius 3 is 1.79 bits per heavy atom. The first kappa shape index (κ1) is 31.2. The Morgan fingerprint density at radius 1 is 0.744 bits per heavy atom. The number of halogens is 2. The number of hydrogen-bond acceptors (Lipinski definition) is 8. The van der Waals surface area contributed by atoms with Crippen molar-refractivity contribution in [2.24, 2.45) is 0 Å². The third-order valence-corrected chi connectivity index (χ3v) is 7.29. The number of benzene rings is 3. The molecule has 0 saturated carbocycles. The van der Waals surface area contributed by atoms with Crippen molar-refractivity contribution < 1.29 is 38.2 Å². The highest BCUT2D eigenvalue weighted by atomic mass is 35.5. The molecule has 1 heterocycles. The molecule has 2 N–H and O–H groups in total. The first-order valence-corrected chi connectivity index (χ1v) is 13.6. The quantitative estimate of drug-likeness (QED) is 0.259. The Balaban J connectivity index is 1.33. The van der Waals surface area contributed by atoms with E-state index in [9.17, 15) is 28.8 Å². The molecule has 13 heteroatoms. The van der Waals surface area contributed by atoms with Crippen molar-refractivity contribution in [3.05, 3.63) is 92.5 Å². The van der Waals surface area contributed by atoms with Crippen LogP contribution in [0.15, 0.2) is 54.6 Å². The van der Waals surface area contributed by atoms with Crippen LogP contribution < -0.4 is 10.6 Å². The topological polar surface area (TPSA) is 148 Å². The molecule has 1 atom stereocenters. The number of amides is 4. The largest absolute Gasteiger partial charge is 0.454 e. The maximum Gasteiger partial charge on any atom is 0.338 e. The van der Waals surface area contributed by atoms with Gasteiger partial charge in [-0.3, -0.25) is 24.1 Å². The fourth-order valence-electron chi connectivity index (χ4n) is 4.05. The fourth-order valence-corrected chi connectivity index (χ4v) is 4.41. The number of rotatable bonds is 9. The number of esters is 2. The van der Waals surface area contributed by atoms with Gasteiger partial charge >= 0.3 is 11.9 Å². The SMILES string of the molecule is Cc1ccc(NC(=O)COC(=O)c2ccc3c(c2)C(=O)N([C@H](C)C(=O)OCC(=O)Nc2ccc(C)c(Cl)c2)C3=O)cc1Cl. The number of ether oxygens (including phenoxy) is 2. The van der Waals surface area contributed by atoms with Crippen molar-refractivity contribution in [3.8, 4) is 0 Å². The van der Waals surface area contributed by atoms with Crippen LogP contribution in [0.4, 0.5) is 11.4 Å². The summed E-state index contributed by atoms with van der Waals surface area (Å²) in [5, 5.41) is 5.99. The first-order chi connectivity index (χ1) is 20.3. The summed E-state index contributed by atoms with van der Waals surface area (Å²) >= 11 is 12.1. The molecule has 222 valence electrons. The molecule has 3 aromatic carbocycles. The average molecular weight is 626 g/mol. The van der Waals surface area contributed by atoms with Crippen LogP contribution in [0.25, 0.3) is 0 Å². The molecule has 11 nitrogen and oxygen atoms in total. The van der Waals surface area contributed by atoms with E-state index >= 15 is 0 Å². The van der Waals surface area contributed by atoms with Crippen LogP contribution in [0.5, 0.6) is 0 Å². The third kappa shape index (κ3) is 7.19. The monoisotopic (exact) mass is 625 g/mol. The van der Waals surface area contributed by atoms with Crippen LogP contribution in [0, 0.1) is 13.8 Å². The predicted molar refractivity (Wildman–Crippen MR) is 157 cm³/mol. The maximum absolute atomic E-state index is 13.1. The van der Waals surface area contributed by atoms with E-state index in [0.717, 1.165) is 17.2 Å². The summed E-state index contributed by atoms with van der Waals surface area (Å²) in [7, 11) is 0. The van der Waals surface area contributed by atoms with Crippen LogP contribution in [0.3, 0.4) is 0 Å². The normalized spacial score (nSPS) is 12.8. The van der Waals surface area contributed by atoms with E-state index in [2.05, 4.69) is 10.6 Å². The standard InChI is InChI=1S/C30H25Cl2N3O8/c1-15-4-7-19(11-23(15)31)33-25(36)13-42-29(40)17(3)35-27(38)21-9-6-18(10-22(21)28(35)39)30(41)43-14-26(37)34-20-8-5-16(2)24(32)12-20/h4-12,17H,13-14H2,1-3H3,(H,33,36)(H,34,37)/t17-/m1/s1. The zero-order valence-corrected chi connectivity index (χ0v) is 24.7. The van der Waals surface area contributed by atoms with Crippen molar-refractivity contribution in [2.45, 2.75) is 26.8 Å². The van der Waals surface area contributed by atoms with E-state index in [1.165, 1.54) is 19.1 Å². The highest BCUT2D eigenvalue weighted by Crippen LogP contribution is 2.27. The van der Waals surface area contributed by atoms with Crippen LogP contribution in [0.2, 0.25) is 10.0 Å². The molecule has 0 unspecified atom stereocenters. The summed E-state index contributed by atoms with van der Waals surface area (Å²) in [4.78, 5) is 76.3. The maximum atomic E-state index is 13.1. The van der Waals surface area contributed by atoms with Gasteiger partial charge in [0.15, 0.2) is 13.2 Å². The molecule has 4 amide bonds. The van der Waals surface area contributed by atoms with E-state index in [0.29, 0.717) is 26.3 Å². The van der Waals surface area contributed by atoms with Gasteiger partial charge in [-0.1, -0.05) is 35.3 Å². The van der Waals surface area contributed by atoms with Gasteiger partial charge in [-0.25, -0.2) is 9.59 Å². The molecule has 0 radical (unpaired) electrons. The van der Waals surface area contributed by atoms with E-state index in [4.69, 9.17) is 32.7 Å². The van der Waals surface area contributed by atoms with Crippen LogP contribution in [-0.4, -0.2) is 59.7 Å². The molecular weight excluding hydrogens is 601 g/mol. The molecule has 1 aliphatic rings. The second-order valence-electron chi connectivity index (χ2n) is 9.62. The third-order valence-electron chi connectivity index (χ3n) is 6.47. The number of hydrogen-bond donors (Lipinski definition) is 2. The van der Waals surface area contributed by atoms with Crippen LogP contribution >= 0.6 is 23.2 Å². The molecule has 0 bridgehead atoms. The summed E-state index contributed by atoms with van der Waals surface area (Å²) < 4.78 is 10.1. The van der Waals surface area contributed by atoms with Gasteiger partial charge in [0.05, 0.1) is 16.7 Å². The minimum absolute atomic E-state index is 0.0378. The van der Waals surface area contributed by atoms with E-state index in [1.54, 1.807) is 43.3 Å². The van der Waals surface area contributed by atoms with Gasteiger partial charge in [-0.2, -0.15) is 0 Å². The first-order valence-electron chi connectivity index (χ1n) is 12.8. The highest BCUT2D eigenvalue weighted by molar-refractivity contribution is 6.32.